The van der Waals surface area contributed by atoms with E-state index in [0.29, 0.717) is 12.8 Å². The van der Waals surface area contributed by atoms with E-state index in [1.54, 1.807) is 0 Å². The maximum absolute atomic E-state index is 12.5. The standard InChI is InChI=1S/C20H21Cl2NO6/c1-28-20(27)17(11-8-12(21)10-13(22)9-11)29-16(24)6-7-23-18(25)14-4-2-3-5-15(14)19(23)26/h8-10,14-15,17H,2-7H2,1H3. The number of benzene rings is 1. The van der Waals surface area contributed by atoms with Crippen LogP contribution < -0.4 is 0 Å². The number of rotatable bonds is 6. The molecule has 2 amide bonds. The fourth-order valence-corrected chi connectivity index (χ4v) is 4.47. The van der Waals surface area contributed by atoms with Gasteiger partial charge in [0.05, 0.1) is 25.4 Å². The average molecular weight is 442 g/mol. The maximum Gasteiger partial charge on any atom is 0.351 e. The van der Waals surface area contributed by atoms with Gasteiger partial charge in [-0.2, -0.15) is 0 Å². The molecule has 1 aliphatic heterocycles. The molecular weight excluding hydrogens is 421 g/mol. The van der Waals surface area contributed by atoms with E-state index >= 15 is 0 Å². The zero-order valence-electron chi connectivity index (χ0n) is 15.9. The highest BCUT2D eigenvalue weighted by Crippen LogP contribution is 2.38. The summed E-state index contributed by atoms with van der Waals surface area (Å²) in [5.41, 5.74) is 0.266. The molecule has 2 aliphatic rings. The Labute approximate surface area is 178 Å². The van der Waals surface area contributed by atoms with E-state index in [-0.39, 0.29) is 52.2 Å². The van der Waals surface area contributed by atoms with Crippen LogP contribution in [-0.4, -0.2) is 42.3 Å². The van der Waals surface area contributed by atoms with Crippen LogP contribution in [0.1, 0.15) is 43.8 Å². The summed E-state index contributed by atoms with van der Waals surface area (Å²) in [6.45, 7) is -0.0757. The van der Waals surface area contributed by atoms with Crippen molar-refractivity contribution in [3.05, 3.63) is 33.8 Å². The van der Waals surface area contributed by atoms with Crippen molar-refractivity contribution in [1.82, 2.24) is 4.90 Å². The third-order valence-corrected chi connectivity index (χ3v) is 5.76. The van der Waals surface area contributed by atoms with Gasteiger partial charge in [0.25, 0.3) is 0 Å². The Hall–Kier alpha value is -2.12. The van der Waals surface area contributed by atoms with Gasteiger partial charge in [-0.05, 0) is 31.0 Å². The predicted octanol–water partition coefficient (Wildman–Crippen LogP) is 3.32. The van der Waals surface area contributed by atoms with Crippen LogP contribution in [0, 0.1) is 11.8 Å². The van der Waals surface area contributed by atoms with Crippen molar-refractivity contribution < 1.29 is 28.7 Å². The molecule has 0 aromatic heterocycles. The van der Waals surface area contributed by atoms with Gasteiger partial charge in [0.15, 0.2) is 0 Å². The summed E-state index contributed by atoms with van der Waals surface area (Å²) in [6.07, 6.45) is 1.69. The Balaban J connectivity index is 1.65. The van der Waals surface area contributed by atoms with E-state index in [1.165, 1.54) is 25.3 Å². The molecule has 7 nitrogen and oxygen atoms in total. The number of fused-ring (bicyclic) bond motifs is 1. The SMILES string of the molecule is COC(=O)C(OC(=O)CCN1C(=O)C2CCCCC2C1=O)c1cc(Cl)cc(Cl)c1. The topological polar surface area (TPSA) is 90.0 Å². The minimum absolute atomic E-state index is 0.0757. The second-order valence-corrected chi connectivity index (χ2v) is 8.04. The molecule has 1 aromatic rings. The molecule has 0 radical (unpaired) electrons. The van der Waals surface area contributed by atoms with Crippen molar-refractivity contribution in [1.29, 1.82) is 0 Å². The first-order chi connectivity index (χ1) is 13.8. The van der Waals surface area contributed by atoms with Gasteiger partial charge in [0.1, 0.15) is 0 Å². The second-order valence-electron chi connectivity index (χ2n) is 7.17. The first kappa shape index (κ1) is 21.6. The number of nitrogens with zero attached hydrogens (tertiary/aromatic N) is 1. The molecule has 0 N–H and O–H groups in total. The number of likely N-dealkylation sites (tertiary alicyclic amines) is 1. The quantitative estimate of drug-likeness (QED) is 0.496. The maximum atomic E-state index is 12.5. The van der Waals surface area contributed by atoms with Gasteiger partial charge in [-0.15, -0.1) is 0 Å². The minimum Gasteiger partial charge on any atom is -0.466 e. The van der Waals surface area contributed by atoms with Gasteiger partial charge in [-0.1, -0.05) is 36.0 Å². The molecule has 1 saturated carbocycles. The van der Waals surface area contributed by atoms with Crippen LogP contribution in [-0.2, 0) is 28.7 Å². The van der Waals surface area contributed by atoms with E-state index in [4.69, 9.17) is 32.7 Å². The fraction of sp³-hybridized carbons (Fsp3) is 0.500. The lowest BCUT2D eigenvalue weighted by Gasteiger charge is -2.19. The third-order valence-electron chi connectivity index (χ3n) is 5.32. The number of carbonyl (C=O) groups excluding carboxylic acids is 4. The highest BCUT2D eigenvalue weighted by molar-refractivity contribution is 6.34. The summed E-state index contributed by atoms with van der Waals surface area (Å²) in [6, 6.07) is 4.37. The van der Waals surface area contributed by atoms with Crippen molar-refractivity contribution in [2.75, 3.05) is 13.7 Å². The summed E-state index contributed by atoms with van der Waals surface area (Å²) < 4.78 is 9.97. The molecule has 2 fully saturated rings. The van der Waals surface area contributed by atoms with Gasteiger partial charge in [-0.25, -0.2) is 4.79 Å². The number of esters is 2. The van der Waals surface area contributed by atoms with Gasteiger partial charge < -0.3 is 9.47 Å². The molecule has 3 atom stereocenters. The van der Waals surface area contributed by atoms with Crippen LogP contribution in [0.2, 0.25) is 10.0 Å². The molecule has 9 heteroatoms. The second kappa shape index (κ2) is 9.13. The molecule has 1 aromatic carbocycles. The van der Waals surface area contributed by atoms with E-state index < -0.39 is 18.0 Å². The number of ether oxygens (including phenoxy) is 2. The molecule has 29 heavy (non-hydrogen) atoms. The molecule has 3 unspecified atom stereocenters. The van der Waals surface area contributed by atoms with Gasteiger partial charge in [-0.3, -0.25) is 19.3 Å². The van der Waals surface area contributed by atoms with Crippen LogP contribution in [0.15, 0.2) is 18.2 Å². The lowest BCUT2D eigenvalue weighted by atomic mass is 9.81. The van der Waals surface area contributed by atoms with Gasteiger partial charge in [0.2, 0.25) is 17.9 Å². The molecule has 0 spiro atoms. The number of methoxy groups -OCH3 is 1. The summed E-state index contributed by atoms with van der Waals surface area (Å²) in [5.74, 6) is -2.53. The number of hydrogen-bond donors (Lipinski definition) is 0. The summed E-state index contributed by atoms with van der Waals surface area (Å²) in [4.78, 5) is 50.6. The van der Waals surface area contributed by atoms with Gasteiger partial charge >= 0.3 is 11.9 Å². The van der Waals surface area contributed by atoms with Crippen LogP contribution in [0.4, 0.5) is 0 Å². The molecular formula is C20H21Cl2NO6. The number of imide groups is 1. The van der Waals surface area contributed by atoms with E-state index in [0.717, 1.165) is 17.7 Å². The molecule has 156 valence electrons. The molecule has 1 heterocycles. The van der Waals surface area contributed by atoms with Gasteiger partial charge in [0, 0.05) is 22.2 Å². The van der Waals surface area contributed by atoms with Crippen LogP contribution in [0.5, 0.6) is 0 Å². The smallest absolute Gasteiger partial charge is 0.351 e. The Morgan fingerprint density at radius 3 is 2.14 bits per heavy atom. The normalized spacial score (nSPS) is 22.2. The van der Waals surface area contributed by atoms with Crippen molar-refractivity contribution in [2.45, 2.75) is 38.2 Å². The number of hydrogen-bond acceptors (Lipinski definition) is 6. The predicted molar refractivity (Wildman–Crippen MR) is 104 cm³/mol. The molecule has 0 bridgehead atoms. The number of amides is 2. The van der Waals surface area contributed by atoms with Crippen LogP contribution >= 0.6 is 23.2 Å². The van der Waals surface area contributed by atoms with Crippen molar-refractivity contribution >= 4 is 47.0 Å². The Morgan fingerprint density at radius 2 is 1.62 bits per heavy atom. The monoisotopic (exact) mass is 441 g/mol. The highest BCUT2D eigenvalue weighted by Gasteiger charge is 2.47. The lowest BCUT2D eigenvalue weighted by Crippen LogP contribution is -2.34. The summed E-state index contributed by atoms with van der Waals surface area (Å²) in [7, 11) is 1.17. The Morgan fingerprint density at radius 1 is 1.07 bits per heavy atom. The molecule has 1 aliphatic carbocycles. The number of carbonyl (C=O) groups is 4. The van der Waals surface area contributed by atoms with E-state index in [1.807, 2.05) is 0 Å². The lowest BCUT2D eigenvalue weighted by molar-refractivity contribution is -0.167. The zero-order valence-corrected chi connectivity index (χ0v) is 17.4. The largest absolute Gasteiger partial charge is 0.466 e. The van der Waals surface area contributed by atoms with Crippen LogP contribution in [0.3, 0.4) is 0 Å². The Bertz CT molecular complexity index is 798. The first-order valence-corrected chi connectivity index (χ1v) is 10.2. The van der Waals surface area contributed by atoms with Crippen molar-refractivity contribution in [3.8, 4) is 0 Å². The van der Waals surface area contributed by atoms with Crippen LogP contribution in [0.25, 0.3) is 0 Å². The van der Waals surface area contributed by atoms with Crippen molar-refractivity contribution in [2.24, 2.45) is 11.8 Å². The molecule has 3 rings (SSSR count). The summed E-state index contributed by atoms with van der Waals surface area (Å²) in [5, 5.41) is 0.543. The minimum atomic E-state index is -1.35. The fourth-order valence-electron chi connectivity index (χ4n) is 3.93. The van der Waals surface area contributed by atoms with Crippen molar-refractivity contribution in [3.63, 3.8) is 0 Å². The zero-order chi connectivity index (χ0) is 21.1. The third kappa shape index (κ3) is 4.73. The molecule has 1 saturated heterocycles. The first-order valence-electron chi connectivity index (χ1n) is 9.40. The summed E-state index contributed by atoms with van der Waals surface area (Å²) >= 11 is 11.9. The highest BCUT2D eigenvalue weighted by atomic mass is 35.5. The Kier molecular flexibility index (Phi) is 6.80. The van der Waals surface area contributed by atoms with E-state index in [9.17, 15) is 19.2 Å². The number of halogens is 2. The van der Waals surface area contributed by atoms with E-state index in [2.05, 4.69) is 0 Å². The average Bonchev–Trinajstić information content (AvgIpc) is 2.93.